The van der Waals surface area contributed by atoms with Crippen LogP contribution < -0.4 is 5.32 Å². The van der Waals surface area contributed by atoms with Crippen LogP contribution in [0, 0.1) is 0 Å². The largest absolute Gasteiger partial charge is 0.378 e. The van der Waals surface area contributed by atoms with Gasteiger partial charge in [-0.15, -0.1) is 0 Å². The summed E-state index contributed by atoms with van der Waals surface area (Å²) in [4.78, 5) is 9.53. The molecule has 26 heavy (non-hydrogen) atoms. The number of guanidine groups is 1. The zero-order valence-corrected chi connectivity index (χ0v) is 16.4. The van der Waals surface area contributed by atoms with E-state index in [-0.39, 0.29) is 0 Å². The first kappa shape index (κ1) is 19.2. The Morgan fingerprint density at radius 2 is 1.85 bits per heavy atom. The van der Waals surface area contributed by atoms with Crippen molar-refractivity contribution in [1.82, 2.24) is 15.1 Å². The van der Waals surface area contributed by atoms with Crippen LogP contribution in [0.5, 0.6) is 0 Å². The molecule has 2 saturated heterocycles. The number of nitrogens with one attached hydrogen (secondary N) is 1. The third-order valence-electron chi connectivity index (χ3n) is 5.57. The van der Waals surface area contributed by atoms with Crippen molar-refractivity contribution in [3.63, 3.8) is 0 Å². The summed E-state index contributed by atoms with van der Waals surface area (Å²) in [5.74, 6) is 1.03. The zero-order chi connectivity index (χ0) is 18.2. The SMILES string of the molecule is CCOC1CCN(C(=NC)NCC(c2ccccc2)N2CCCC2)CC1. The van der Waals surface area contributed by atoms with E-state index in [0.29, 0.717) is 12.1 Å². The summed E-state index contributed by atoms with van der Waals surface area (Å²) in [6.07, 6.45) is 5.20. The van der Waals surface area contributed by atoms with Crippen molar-refractivity contribution in [1.29, 1.82) is 0 Å². The average Bonchev–Trinajstić information content (AvgIpc) is 3.22. The lowest BCUT2D eigenvalue weighted by molar-refractivity contribution is 0.0263. The van der Waals surface area contributed by atoms with Gasteiger partial charge in [0.1, 0.15) is 0 Å². The van der Waals surface area contributed by atoms with Gasteiger partial charge in [0.25, 0.3) is 0 Å². The molecule has 0 spiro atoms. The van der Waals surface area contributed by atoms with Gasteiger partial charge in [-0.2, -0.15) is 0 Å². The van der Waals surface area contributed by atoms with Crippen LogP contribution in [-0.4, -0.2) is 68.2 Å². The van der Waals surface area contributed by atoms with E-state index >= 15 is 0 Å². The Morgan fingerprint density at radius 1 is 1.15 bits per heavy atom. The normalized spacial score (nSPS) is 21.2. The first-order chi connectivity index (χ1) is 12.8. The van der Waals surface area contributed by atoms with Crippen molar-refractivity contribution < 1.29 is 4.74 Å². The highest BCUT2D eigenvalue weighted by atomic mass is 16.5. The Morgan fingerprint density at radius 3 is 2.46 bits per heavy atom. The lowest BCUT2D eigenvalue weighted by Gasteiger charge is -2.35. The van der Waals surface area contributed by atoms with Gasteiger partial charge < -0.3 is 15.0 Å². The van der Waals surface area contributed by atoms with Gasteiger partial charge in [-0.25, -0.2) is 0 Å². The molecule has 5 nitrogen and oxygen atoms in total. The molecule has 0 bridgehead atoms. The van der Waals surface area contributed by atoms with Gasteiger partial charge in [-0.05, 0) is 51.3 Å². The third-order valence-corrected chi connectivity index (χ3v) is 5.57. The quantitative estimate of drug-likeness (QED) is 0.627. The lowest BCUT2D eigenvalue weighted by Crippen LogP contribution is -2.48. The van der Waals surface area contributed by atoms with Crippen molar-refractivity contribution in [3.05, 3.63) is 35.9 Å². The van der Waals surface area contributed by atoms with Crippen LogP contribution in [-0.2, 0) is 4.74 Å². The Labute approximate surface area is 158 Å². The molecule has 1 aromatic rings. The molecule has 5 heteroatoms. The molecule has 2 heterocycles. The minimum Gasteiger partial charge on any atom is -0.378 e. The number of benzene rings is 1. The highest BCUT2D eigenvalue weighted by molar-refractivity contribution is 5.80. The van der Waals surface area contributed by atoms with Crippen LogP contribution in [0.25, 0.3) is 0 Å². The van der Waals surface area contributed by atoms with Crippen LogP contribution in [0.4, 0.5) is 0 Å². The summed E-state index contributed by atoms with van der Waals surface area (Å²) >= 11 is 0. The van der Waals surface area contributed by atoms with Crippen molar-refractivity contribution in [3.8, 4) is 0 Å². The maximum atomic E-state index is 5.77. The van der Waals surface area contributed by atoms with Gasteiger partial charge in [0.2, 0.25) is 0 Å². The molecule has 0 aromatic heterocycles. The number of aliphatic imine (C=N–C) groups is 1. The van der Waals surface area contributed by atoms with Gasteiger partial charge in [0.15, 0.2) is 5.96 Å². The minimum atomic E-state index is 0.413. The van der Waals surface area contributed by atoms with Crippen molar-refractivity contribution in [2.45, 2.75) is 44.8 Å². The highest BCUT2D eigenvalue weighted by Gasteiger charge is 2.25. The van der Waals surface area contributed by atoms with Crippen LogP contribution in [0.15, 0.2) is 35.3 Å². The highest BCUT2D eigenvalue weighted by Crippen LogP contribution is 2.24. The minimum absolute atomic E-state index is 0.413. The number of hydrogen-bond acceptors (Lipinski definition) is 3. The number of rotatable bonds is 6. The van der Waals surface area contributed by atoms with Gasteiger partial charge >= 0.3 is 0 Å². The molecule has 2 aliphatic heterocycles. The molecule has 1 unspecified atom stereocenters. The predicted octanol–water partition coefficient (Wildman–Crippen LogP) is 2.90. The second kappa shape index (κ2) is 9.93. The van der Waals surface area contributed by atoms with E-state index in [4.69, 9.17) is 4.74 Å². The predicted molar refractivity (Wildman–Crippen MR) is 108 cm³/mol. The van der Waals surface area contributed by atoms with Crippen LogP contribution in [0.2, 0.25) is 0 Å². The van der Waals surface area contributed by atoms with Gasteiger partial charge in [-0.3, -0.25) is 9.89 Å². The summed E-state index contributed by atoms with van der Waals surface area (Å²) < 4.78 is 5.77. The van der Waals surface area contributed by atoms with E-state index in [1.54, 1.807) is 0 Å². The average molecular weight is 359 g/mol. The molecule has 1 atom stereocenters. The van der Waals surface area contributed by atoms with E-state index in [2.05, 4.69) is 57.4 Å². The summed E-state index contributed by atoms with van der Waals surface area (Å²) in [6.45, 7) is 8.22. The molecular formula is C21H34N4O. The Kier molecular flexibility index (Phi) is 7.32. The van der Waals surface area contributed by atoms with Crippen molar-refractivity contribution in [2.24, 2.45) is 4.99 Å². The van der Waals surface area contributed by atoms with Gasteiger partial charge in [-0.1, -0.05) is 30.3 Å². The Bertz CT molecular complexity index is 548. The number of nitrogens with zero attached hydrogens (tertiary/aromatic N) is 3. The molecule has 0 aliphatic carbocycles. The standard InChI is InChI=1S/C21H34N4O/c1-3-26-19-11-15-25(16-12-19)21(22-2)23-17-20(24-13-7-8-14-24)18-9-5-4-6-10-18/h4-6,9-10,19-20H,3,7-8,11-17H2,1-2H3,(H,22,23). The summed E-state index contributed by atoms with van der Waals surface area (Å²) in [5, 5.41) is 3.65. The summed E-state index contributed by atoms with van der Waals surface area (Å²) in [7, 11) is 1.89. The fourth-order valence-corrected chi connectivity index (χ4v) is 4.18. The molecule has 0 amide bonds. The summed E-state index contributed by atoms with van der Waals surface area (Å²) in [5.41, 5.74) is 1.40. The Hall–Kier alpha value is -1.59. The zero-order valence-electron chi connectivity index (χ0n) is 16.4. The topological polar surface area (TPSA) is 40.1 Å². The van der Waals surface area contributed by atoms with Crippen molar-refractivity contribution in [2.75, 3.05) is 46.4 Å². The molecule has 2 fully saturated rings. The van der Waals surface area contributed by atoms with Gasteiger partial charge in [0.05, 0.1) is 12.1 Å². The van der Waals surface area contributed by atoms with Crippen LogP contribution >= 0.6 is 0 Å². The molecule has 2 aliphatic rings. The van der Waals surface area contributed by atoms with E-state index in [9.17, 15) is 0 Å². The fraction of sp³-hybridized carbons (Fsp3) is 0.667. The van der Waals surface area contributed by atoms with E-state index in [1.807, 2.05) is 7.05 Å². The van der Waals surface area contributed by atoms with E-state index in [1.165, 1.54) is 31.5 Å². The molecule has 0 saturated carbocycles. The third kappa shape index (κ3) is 4.98. The fourth-order valence-electron chi connectivity index (χ4n) is 4.18. The maximum Gasteiger partial charge on any atom is 0.193 e. The smallest absolute Gasteiger partial charge is 0.193 e. The van der Waals surface area contributed by atoms with Gasteiger partial charge in [0, 0.05) is 33.3 Å². The van der Waals surface area contributed by atoms with E-state index < -0.39 is 0 Å². The molecular weight excluding hydrogens is 324 g/mol. The second-order valence-electron chi connectivity index (χ2n) is 7.24. The first-order valence-electron chi connectivity index (χ1n) is 10.2. The molecule has 1 N–H and O–H groups in total. The van der Waals surface area contributed by atoms with E-state index in [0.717, 1.165) is 45.0 Å². The number of ether oxygens (including phenoxy) is 1. The number of hydrogen-bond donors (Lipinski definition) is 1. The lowest BCUT2D eigenvalue weighted by atomic mass is 10.1. The Balaban J connectivity index is 1.59. The van der Waals surface area contributed by atoms with Crippen molar-refractivity contribution >= 4 is 5.96 Å². The summed E-state index contributed by atoms with van der Waals surface area (Å²) in [6, 6.07) is 11.3. The first-order valence-corrected chi connectivity index (χ1v) is 10.2. The molecule has 0 radical (unpaired) electrons. The number of piperidine rings is 1. The number of likely N-dealkylation sites (tertiary alicyclic amines) is 2. The maximum absolute atomic E-state index is 5.77. The van der Waals surface area contributed by atoms with Crippen LogP contribution in [0.3, 0.4) is 0 Å². The molecule has 144 valence electrons. The monoisotopic (exact) mass is 358 g/mol. The molecule has 1 aromatic carbocycles. The second-order valence-corrected chi connectivity index (χ2v) is 7.24. The van der Waals surface area contributed by atoms with Crippen LogP contribution in [0.1, 0.15) is 44.2 Å². The molecule has 3 rings (SSSR count).